The van der Waals surface area contributed by atoms with Gasteiger partial charge in [-0.15, -0.1) is 0 Å². The van der Waals surface area contributed by atoms with Crippen LogP contribution in [-0.2, 0) is 11.3 Å². The normalized spacial score (nSPS) is 12.4. The van der Waals surface area contributed by atoms with E-state index in [0.717, 1.165) is 0 Å². The second-order valence-electron chi connectivity index (χ2n) is 5.32. The van der Waals surface area contributed by atoms with Gasteiger partial charge < -0.3 is 28.8 Å². The van der Waals surface area contributed by atoms with Crippen LogP contribution in [0.5, 0.6) is 28.7 Å². The molecule has 0 saturated heterocycles. The van der Waals surface area contributed by atoms with Crippen molar-refractivity contribution < 1.29 is 33.6 Å². The highest BCUT2D eigenvalue weighted by Crippen LogP contribution is 2.49. The topological polar surface area (TPSA) is 83.5 Å². The van der Waals surface area contributed by atoms with Gasteiger partial charge in [0, 0.05) is 16.7 Å². The van der Waals surface area contributed by atoms with Gasteiger partial charge in [0.15, 0.2) is 23.0 Å². The Balaban J connectivity index is 2.37. The highest BCUT2D eigenvalue weighted by molar-refractivity contribution is 6.01. The summed E-state index contributed by atoms with van der Waals surface area (Å²) in [6.45, 7) is -0.0125. The summed E-state index contributed by atoms with van der Waals surface area (Å²) in [5, 5.41) is 10.8. The van der Waals surface area contributed by atoms with E-state index in [1.54, 1.807) is 12.1 Å². The zero-order valence-electron chi connectivity index (χ0n) is 14.3. The van der Waals surface area contributed by atoms with E-state index in [9.17, 15) is 9.90 Å². The average Bonchev–Trinajstić information content (AvgIpc) is 2.77. The fourth-order valence-corrected chi connectivity index (χ4v) is 2.92. The fraction of sp³-hybridized carbons (Fsp3) is 0.278. The lowest BCUT2D eigenvalue weighted by Crippen LogP contribution is -2.04. The number of ether oxygens (including phenoxy) is 5. The minimum atomic E-state index is -0.524. The second kappa shape index (κ2) is 6.43. The summed E-state index contributed by atoms with van der Waals surface area (Å²) in [5.41, 5.74) is 1.75. The molecule has 3 rings (SSSR count). The quantitative estimate of drug-likeness (QED) is 0.852. The first kappa shape index (κ1) is 16.8. The van der Waals surface area contributed by atoms with Gasteiger partial charge in [-0.1, -0.05) is 0 Å². The van der Waals surface area contributed by atoms with Crippen LogP contribution < -0.4 is 18.9 Å². The van der Waals surface area contributed by atoms with Crippen LogP contribution in [0.2, 0.25) is 0 Å². The molecular weight excluding hydrogens is 328 g/mol. The monoisotopic (exact) mass is 346 g/mol. The Morgan fingerprint density at radius 3 is 2.04 bits per heavy atom. The molecule has 132 valence electrons. The lowest BCUT2D eigenvalue weighted by Gasteiger charge is -2.17. The molecule has 7 heteroatoms. The van der Waals surface area contributed by atoms with Crippen molar-refractivity contribution >= 4 is 5.97 Å². The number of hydrogen-bond acceptors (Lipinski definition) is 7. The average molecular weight is 346 g/mol. The van der Waals surface area contributed by atoms with Crippen LogP contribution in [0.3, 0.4) is 0 Å². The Hall–Kier alpha value is -3.09. The van der Waals surface area contributed by atoms with Gasteiger partial charge in [-0.2, -0.15) is 0 Å². The zero-order valence-corrected chi connectivity index (χ0v) is 14.3. The number of fused-ring (bicyclic) bond motifs is 3. The Labute approximate surface area is 144 Å². The van der Waals surface area contributed by atoms with Crippen LogP contribution in [0.4, 0.5) is 0 Å². The van der Waals surface area contributed by atoms with Gasteiger partial charge in [-0.05, 0) is 18.2 Å². The molecule has 2 aromatic rings. The molecule has 0 spiro atoms. The lowest BCUT2D eigenvalue weighted by molar-refractivity contribution is 0.0478. The number of hydrogen-bond donors (Lipinski definition) is 1. The summed E-state index contributed by atoms with van der Waals surface area (Å²) in [5.74, 6) is 0.681. The van der Waals surface area contributed by atoms with Crippen molar-refractivity contribution in [2.75, 3.05) is 28.4 Å². The molecule has 1 aliphatic rings. The SMILES string of the molecule is COc1cc2c(cc1OC)-c1c(cc(OC)c(OC)c1O)COC2=O. The summed E-state index contributed by atoms with van der Waals surface area (Å²) < 4.78 is 26.4. The van der Waals surface area contributed by atoms with Crippen LogP contribution in [0.15, 0.2) is 18.2 Å². The van der Waals surface area contributed by atoms with E-state index in [0.29, 0.717) is 33.9 Å². The number of cyclic esters (lactones) is 1. The number of carbonyl (C=O) groups is 1. The van der Waals surface area contributed by atoms with Gasteiger partial charge in [0.2, 0.25) is 5.75 Å². The Bertz CT molecular complexity index is 842. The maximum Gasteiger partial charge on any atom is 0.339 e. The van der Waals surface area contributed by atoms with Crippen LogP contribution in [0.25, 0.3) is 11.1 Å². The van der Waals surface area contributed by atoms with Gasteiger partial charge in [0.05, 0.1) is 34.0 Å². The Morgan fingerprint density at radius 1 is 0.880 bits per heavy atom. The van der Waals surface area contributed by atoms with Crippen LogP contribution in [0.1, 0.15) is 15.9 Å². The molecule has 25 heavy (non-hydrogen) atoms. The molecule has 0 radical (unpaired) electrons. The maximum atomic E-state index is 12.4. The Morgan fingerprint density at radius 2 is 1.48 bits per heavy atom. The first-order valence-electron chi connectivity index (χ1n) is 7.46. The molecule has 0 bridgehead atoms. The van der Waals surface area contributed by atoms with Gasteiger partial charge in [-0.25, -0.2) is 4.79 Å². The smallest absolute Gasteiger partial charge is 0.339 e. The molecule has 7 nitrogen and oxygen atoms in total. The predicted molar refractivity (Wildman–Crippen MR) is 88.9 cm³/mol. The molecule has 1 heterocycles. The summed E-state index contributed by atoms with van der Waals surface area (Å²) in [7, 11) is 5.87. The van der Waals surface area contributed by atoms with Crippen molar-refractivity contribution in [3.05, 3.63) is 29.3 Å². The number of carbonyl (C=O) groups excluding carboxylic acids is 1. The van der Waals surface area contributed by atoms with E-state index in [1.165, 1.54) is 34.5 Å². The molecular formula is C18H18O7. The van der Waals surface area contributed by atoms with Gasteiger partial charge >= 0.3 is 5.97 Å². The van der Waals surface area contributed by atoms with E-state index < -0.39 is 5.97 Å². The number of phenols is 1. The lowest BCUT2D eigenvalue weighted by atomic mass is 9.94. The third kappa shape index (κ3) is 2.57. The van der Waals surface area contributed by atoms with Crippen molar-refractivity contribution in [2.24, 2.45) is 0 Å². The molecule has 0 aromatic heterocycles. The molecule has 0 aliphatic carbocycles. The van der Waals surface area contributed by atoms with Crippen molar-refractivity contribution in [1.29, 1.82) is 0 Å². The van der Waals surface area contributed by atoms with E-state index >= 15 is 0 Å². The van der Waals surface area contributed by atoms with E-state index in [-0.39, 0.29) is 23.7 Å². The highest BCUT2D eigenvalue weighted by Gasteiger charge is 2.29. The largest absolute Gasteiger partial charge is 0.504 e. The molecule has 0 atom stereocenters. The predicted octanol–water partition coefficient (Wildman–Crippen LogP) is 2.76. The van der Waals surface area contributed by atoms with Crippen molar-refractivity contribution in [3.63, 3.8) is 0 Å². The number of methoxy groups -OCH3 is 4. The van der Waals surface area contributed by atoms with Crippen LogP contribution in [-0.4, -0.2) is 39.5 Å². The van der Waals surface area contributed by atoms with Crippen LogP contribution in [0, 0.1) is 0 Å². The number of aromatic hydroxyl groups is 1. The summed E-state index contributed by atoms with van der Waals surface area (Å²) >= 11 is 0. The minimum Gasteiger partial charge on any atom is -0.504 e. The van der Waals surface area contributed by atoms with Crippen molar-refractivity contribution in [1.82, 2.24) is 0 Å². The van der Waals surface area contributed by atoms with Crippen LogP contribution >= 0.6 is 0 Å². The Kier molecular flexibility index (Phi) is 4.31. The maximum absolute atomic E-state index is 12.4. The standard InChI is InChI=1S/C18H18O7/c1-21-12-6-10-11(7-13(12)22-2)18(20)25-8-9-5-14(23-3)17(24-4)16(19)15(9)10/h5-7,19H,8H2,1-4H3. The summed E-state index contributed by atoms with van der Waals surface area (Å²) in [6.07, 6.45) is 0. The highest BCUT2D eigenvalue weighted by atomic mass is 16.5. The number of phenolic OH excluding ortho intramolecular Hbond substituents is 1. The van der Waals surface area contributed by atoms with Gasteiger partial charge in [0.25, 0.3) is 0 Å². The fourth-order valence-electron chi connectivity index (χ4n) is 2.92. The molecule has 0 amide bonds. The van der Waals surface area contributed by atoms with Gasteiger partial charge in [0.1, 0.15) is 6.61 Å². The number of rotatable bonds is 4. The first-order chi connectivity index (χ1) is 12.0. The van der Waals surface area contributed by atoms with E-state index in [2.05, 4.69) is 0 Å². The third-order valence-electron chi connectivity index (χ3n) is 4.10. The molecule has 0 saturated carbocycles. The van der Waals surface area contributed by atoms with Crippen molar-refractivity contribution in [2.45, 2.75) is 6.61 Å². The van der Waals surface area contributed by atoms with E-state index in [4.69, 9.17) is 23.7 Å². The van der Waals surface area contributed by atoms with Gasteiger partial charge in [-0.3, -0.25) is 0 Å². The molecule has 2 aromatic carbocycles. The molecule has 0 unspecified atom stereocenters. The van der Waals surface area contributed by atoms with Crippen molar-refractivity contribution in [3.8, 4) is 39.9 Å². The minimum absolute atomic E-state index is 0.0125. The second-order valence-corrected chi connectivity index (χ2v) is 5.32. The third-order valence-corrected chi connectivity index (χ3v) is 4.10. The first-order valence-corrected chi connectivity index (χ1v) is 7.46. The molecule has 1 aliphatic heterocycles. The summed E-state index contributed by atoms with van der Waals surface area (Å²) in [4.78, 5) is 12.4. The number of benzene rings is 2. The summed E-state index contributed by atoms with van der Waals surface area (Å²) in [6, 6.07) is 4.83. The van der Waals surface area contributed by atoms with E-state index in [1.807, 2.05) is 0 Å². The number of esters is 1. The zero-order chi connectivity index (χ0) is 18.1. The molecule has 1 N–H and O–H groups in total. The molecule has 0 fully saturated rings.